The van der Waals surface area contributed by atoms with Crippen LogP contribution in [-0.2, 0) is 11.2 Å². The Kier molecular flexibility index (Phi) is 2.96. The fraction of sp³-hybridized carbons (Fsp3) is 0.500. The molecule has 1 fully saturated rings. The van der Waals surface area contributed by atoms with E-state index < -0.39 is 5.60 Å². The van der Waals surface area contributed by atoms with E-state index in [-0.39, 0.29) is 5.91 Å². The molecule has 0 saturated carbocycles. The van der Waals surface area contributed by atoms with Crippen molar-refractivity contribution in [3.8, 4) is 0 Å². The maximum Gasteiger partial charge on any atom is 0.227 e. The zero-order valence-corrected chi connectivity index (χ0v) is 10.7. The van der Waals surface area contributed by atoms with E-state index in [4.69, 9.17) is 0 Å². The molecule has 1 aromatic carbocycles. The first-order valence-electron chi connectivity index (χ1n) is 5.94. The molecule has 1 amide bonds. The van der Waals surface area contributed by atoms with Gasteiger partial charge in [0.25, 0.3) is 0 Å². The highest BCUT2D eigenvalue weighted by molar-refractivity contribution is 5.80. The van der Waals surface area contributed by atoms with E-state index >= 15 is 0 Å². The summed E-state index contributed by atoms with van der Waals surface area (Å²) in [6, 6.07) is 6.10. The van der Waals surface area contributed by atoms with Crippen LogP contribution < -0.4 is 0 Å². The minimum Gasteiger partial charge on any atom is -0.386 e. The van der Waals surface area contributed by atoms with Crippen molar-refractivity contribution in [3.05, 3.63) is 34.9 Å². The molecule has 1 aromatic rings. The van der Waals surface area contributed by atoms with Crippen molar-refractivity contribution in [1.82, 2.24) is 4.90 Å². The molecular formula is C14H19NO2. The summed E-state index contributed by atoms with van der Waals surface area (Å²) in [5.74, 6) is 0.0970. The fourth-order valence-corrected chi connectivity index (χ4v) is 2.15. The number of nitrogens with zero attached hydrogens (tertiary/aromatic N) is 1. The summed E-state index contributed by atoms with van der Waals surface area (Å²) in [6.45, 7) is 6.78. The Morgan fingerprint density at radius 2 is 2.00 bits per heavy atom. The molecule has 0 aliphatic carbocycles. The first-order chi connectivity index (χ1) is 7.87. The molecule has 0 unspecified atom stereocenters. The highest BCUT2D eigenvalue weighted by Gasteiger charge is 2.38. The van der Waals surface area contributed by atoms with Crippen LogP contribution in [0.15, 0.2) is 18.2 Å². The molecule has 0 bridgehead atoms. The van der Waals surface area contributed by atoms with Gasteiger partial charge in [0.2, 0.25) is 5.91 Å². The molecule has 0 spiro atoms. The number of carbonyl (C=O) groups is 1. The summed E-state index contributed by atoms with van der Waals surface area (Å²) in [5.41, 5.74) is 2.82. The maximum atomic E-state index is 11.9. The topological polar surface area (TPSA) is 40.5 Å². The Balaban J connectivity index is 1.97. The van der Waals surface area contributed by atoms with Crippen LogP contribution in [0.1, 0.15) is 23.6 Å². The molecule has 1 aliphatic rings. The van der Waals surface area contributed by atoms with Crippen molar-refractivity contribution in [2.45, 2.75) is 32.8 Å². The highest BCUT2D eigenvalue weighted by atomic mass is 16.3. The molecular weight excluding hydrogens is 214 g/mol. The monoisotopic (exact) mass is 233 g/mol. The zero-order valence-electron chi connectivity index (χ0n) is 10.7. The second kappa shape index (κ2) is 4.15. The van der Waals surface area contributed by atoms with Gasteiger partial charge in [-0.05, 0) is 37.5 Å². The van der Waals surface area contributed by atoms with E-state index in [1.165, 1.54) is 11.1 Å². The van der Waals surface area contributed by atoms with E-state index in [0.717, 1.165) is 5.56 Å². The van der Waals surface area contributed by atoms with Crippen LogP contribution in [0.25, 0.3) is 0 Å². The first-order valence-corrected chi connectivity index (χ1v) is 5.94. The van der Waals surface area contributed by atoms with E-state index in [0.29, 0.717) is 19.5 Å². The van der Waals surface area contributed by atoms with Crippen molar-refractivity contribution >= 4 is 5.91 Å². The number of rotatable bonds is 2. The van der Waals surface area contributed by atoms with Crippen LogP contribution >= 0.6 is 0 Å². The minimum absolute atomic E-state index is 0.0970. The lowest BCUT2D eigenvalue weighted by Crippen LogP contribution is -2.62. The Bertz CT molecular complexity index is 444. The number of benzene rings is 1. The van der Waals surface area contributed by atoms with Gasteiger partial charge in [-0.25, -0.2) is 0 Å². The van der Waals surface area contributed by atoms with Gasteiger partial charge < -0.3 is 10.0 Å². The van der Waals surface area contributed by atoms with Crippen LogP contribution in [0.3, 0.4) is 0 Å². The summed E-state index contributed by atoms with van der Waals surface area (Å²) in [6.07, 6.45) is 0.428. The number of aryl methyl sites for hydroxylation is 2. The molecule has 3 heteroatoms. The summed E-state index contributed by atoms with van der Waals surface area (Å²) in [4.78, 5) is 13.6. The van der Waals surface area contributed by atoms with E-state index in [9.17, 15) is 9.90 Å². The van der Waals surface area contributed by atoms with Gasteiger partial charge in [0.05, 0.1) is 25.1 Å². The molecule has 17 heavy (non-hydrogen) atoms. The molecule has 92 valence electrons. The van der Waals surface area contributed by atoms with Crippen molar-refractivity contribution in [2.75, 3.05) is 13.1 Å². The fourth-order valence-electron chi connectivity index (χ4n) is 2.15. The predicted molar refractivity (Wildman–Crippen MR) is 66.8 cm³/mol. The SMILES string of the molecule is Cc1ccc(CC(=O)N2CC(C)(O)C2)cc1C. The van der Waals surface area contributed by atoms with Crippen molar-refractivity contribution in [1.29, 1.82) is 0 Å². The smallest absolute Gasteiger partial charge is 0.227 e. The van der Waals surface area contributed by atoms with Crippen LogP contribution in [0, 0.1) is 13.8 Å². The van der Waals surface area contributed by atoms with Crippen LogP contribution in [0.5, 0.6) is 0 Å². The van der Waals surface area contributed by atoms with E-state index in [1.54, 1.807) is 11.8 Å². The normalized spacial score (nSPS) is 17.8. The second-order valence-corrected chi connectivity index (χ2v) is 5.34. The molecule has 1 heterocycles. The van der Waals surface area contributed by atoms with E-state index in [1.807, 2.05) is 12.1 Å². The highest BCUT2D eigenvalue weighted by Crippen LogP contribution is 2.21. The average Bonchev–Trinajstić information content (AvgIpc) is 2.20. The third kappa shape index (κ3) is 2.67. The van der Waals surface area contributed by atoms with Gasteiger partial charge in [0.15, 0.2) is 0 Å². The van der Waals surface area contributed by atoms with Crippen LogP contribution in [-0.4, -0.2) is 34.6 Å². The molecule has 0 atom stereocenters. The lowest BCUT2D eigenvalue weighted by molar-refractivity contribution is -0.151. The Morgan fingerprint density at radius 1 is 1.35 bits per heavy atom. The van der Waals surface area contributed by atoms with Gasteiger partial charge in [0, 0.05) is 0 Å². The van der Waals surface area contributed by atoms with Gasteiger partial charge >= 0.3 is 0 Å². The third-order valence-electron chi connectivity index (χ3n) is 3.34. The van der Waals surface area contributed by atoms with Gasteiger partial charge in [-0.2, -0.15) is 0 Å². The van der Waals surface area contributed by atoms with Gasteiger partial charge in [-0.15, -0.1) is 0 Å². The second-order valence-electron chi connectivity index (χ2n) is 5.34. The summed E-state index contributed by atoms with van der Waals surface area (Å²) in [5, 5.41) is 9.59. The standard InChI is InChI=1S/C14H19NO2/c1-10-4-5-12(6-11(10)2)7-13(16)15-8-14(3,17)9-15/h4-6,17H,7-9H2,1-3H3. The minimum atomic E-state index is -0.682. The number of hydrogen-bond donors (Lipinski definition) is 1. The van der Waals surface area contributed by atoms with Crippen molar-refractivity contribution < 1.29 is 9.90 Å². The largest absolute Gasteiger partial charge is 0.386 e. The van der Waals surface area contributed by atoms with Crippen molar-refractivity contribution in [2.24, 2.45) is 0 Å². The number of amides is 1. The average molecular weight is 233 g/mol. The first kappa shape index (κ1) is 12.1. The summed E-state index contributed by atoms with van der Waals surface area (Å²) >= 11 is 0. The molecule has 1 aliphatic heterocycles. The molecule has 3 nitrogen and oxygen atoms in total. The summed E-state index contributed by atoms with van der Waals surface area (Å²) in [7, 11) is 0. The zero-order chi connectivity index (χ0) is 12.6. The lowest BCUT2D eigenvalue weighted by atomic mass is 9.95. The number of β-amino-alcohol motifs (C(OH)–C–C–N with tert-alkyl or cyclic N) is 1. The maximum absolute atomic E-state index is 11.9. The quantitative estimate of drug-likeness (QED) is 0.839. The molecule has 0 radical (unpaired) electrons. The number of likely N-dealkylation sites (tertiary alicyclic amines) is 1. The Morgan fingerprint density at radius 3 is 2.53 bits per heavy atom. The lowest BCUT2D eigenvalue weighted by Gasteiger charge is -2.44. The molecule has 0 aromatic heterocycles. The number of aliphatic hydroxyl groups is 1. The van der Waals surface area contributed by atoms with Crippen LogP contribution in [0.2, 0.25) is 0 Å². The van der Waals surface area contributed by atoms with Crippen LogP contribution in [0.4, 0.5) is 0 Å². The molecule has 1 N–H and O–H groups in total. The van der Waals surface area contributed by atoms with Gasteiger partial charge in [0.1, 0.15) is 0 Å². The molecule has 2 rings (SSSR count). The van der Waals surface area contributed by atoms with Crippen molar-refractivity contribution in [3.63, 3.8) is 0 Å². The van der Waals surface area contributed by atoms with E-state index in [2.05, 4.69) is 19.9 Å². The Hall–Kier alpha value is -1.35. The summed E-state index contributed by atoms with van der Waals surface area (Å²) < 4.78 is 0. The Labute approximate surface area is 102 Å². The molecule has 1 saturated heterocycles. The predicted octanol–water partition coefficient (Wildman–Crippen LogP) is 1.44. The number of carbonyl (C=O) groups excluding carboxylic acids is 1. The van der Waals surface area contributed by atoms with Gasteiger partial charge in [-0.3, -0.25) is 4.79 Å². The third-order valence-corrected chi connectivity index (χ3v) is 3.34. The number of hydrogen-bond acceptors (Lipinski definition) is 2. The van der Waals surface area contributed by atoms with Gasteiger partial charge in [-0.1, -0.05) is 18.2 Å².